The van der Waals surface area contributed by atoms with Crippen LogP contribution in [-0.4, -0.2) is 55.7 Å². The van der Waals surface area contributed by atoms with Crippen molar-refractivity contribution < 1.29 is 14.3 Å². The molecule has 0 aromatic carbocycles. The fourth-order valence-corrected chi connectivity index (χ4v) is 2.46. The zero-order valence-electron chi connectivity index (χ0n) is 11.5. The minimum atomic E-state index is -0.243. The largest absolute Gasteiger partial charge is 0.450 e. The summed E-state index contributed by atoms with van der Waals surface area (Å²) in [5.74, 6) is 0.640. The summed E-state index contributed by atoms with van der Waals surface area (Å²) in [7, 11) is 0. The van der Waals surface area contributed by atoms with Gasteiger partial charge >= 0.3 is 6.09 Å². The number of nitrogens with one attached hydrogen (secondary N) is 2. The van der Waals surface area contributed by atoms with Crippen LogP contribution in [0.15, 0.2) is 0 Å². The molecule has 2 saturated heterocycles. The van der Waals surface area contributed by atoms with Crippen LogP contribution in [0.3, 0.4) is 0 Å². The average molecular weight is 269 g/mol. The Morgan fingerprint density at radius 2 is 2.00 bits per heavy atom. The van der Waals surface area contributed by atoms with Gasteiger partial charge in [-0.05, 0) is 38.8 Å². The van der Waals surface area contributed by atoms with E-state index in [0.29, 0.717) is 32.0 Å². The molecule has 0 spiro atoms. The first-order valence-corrected chi connectivity index (χ1v) is 7.10. The van der Waals surface area contributed by atoms with Gasteiger partial charge in [0.05, 0.1) is 6.61 Å². The second-order valence-electron chi connectivity index (χ2n) is 5.26. The highest BCUT2D eigenvalue weighted by Gasteiger charge is 2.26. The Bertz CT molecular complexity index is 323. The number of carbonyl (C=O) groups is 2. The molecule has 0 aromatic heterocycles. The van der Waals surface area contributed by atoms with Crippen LogP contribution in [0.25, 0.3) is 0 Å². The summed E-state index contributed by atoms with van der Waals surface area (Å²) in [4.78, 5) is 25.0. The van der Waals surface area contributed by atoms with Crippen molar-refractivity contribution >= 4 is 12.0 Å². The van der Waals surface area contributed by atoms with Crippen molar-refractivity contribution in [1.82, 2.24) is 15.5 Å². The molecule has 2 aliphatic rings. The molecule has 2 aliphatic heterocycles. The van der Waals surface area contributed by atoms with Crippen molar-refractivity contribution in [3.05, 3.63) is 0 Å². The van der Waals surface area contributed by atoms with E-state index < -0.39 is 0 Å². The number of carbonyl (C=O) groups excluding carboxylic acids is 2. The van der Waals surface area contributed by atoms with Crippen LogP contribution in [0.1, 0.15) is 26.2 Å². The summed E-state index contributed by atoms with van der Waals surface area (Å²) < 4.78 is 4.97. The Morgan fingerprint density at radius 1 is 1.32 bits per heavy atom. The highest BCUT2D eigenvalue weighted by Crippen LogP contribution is 2.13. The summed E-state index contributed by atoms with van der Waals surface area (Å²) in [6, 6.07) is 0.200. The first-order valence-electron chi connectivity index (χ1n) is 7.10. The smallest absolute Gasteiger partial charge is 0.409 e. The zero-order valence-corrected chi connectivity index (χ0v) is 11.5. The van der Waals surface area contributed by atoms with Crippen LogP contribution in [-0.2, 0) is 9.53 Å². The van der Waals surface area contributed by atoms with Gasteiger partial charge in [-0.1, -0.05) is 0 Å². The molecule has 2 N–H and O–H groups in total. The van der Waals surface area contributed by atoms with Crippen molar-refractivity contribution in [2.24, 2.45) is 5.92 Å². The summed E-state index contributed by atoms with van der Waals surface area (Å²) in [5, 5.41) is 6.23. The van der Waals surface area contributed by atoms with Crippen LogP contribution < -0.4 is 10.6 Å². The average Bonchev–Trinajstić information content (AvgIpc) is 2.35. The van der Waals surface area contributed by atoms with Crippen LogP contribution in [0.4, 0.5) is 4.79 Å². The Labute approximate surface area is 113 Å². The Hall–Kier alpha value is -1.30. The van der Waals surface area contributed by atoms with E-state index in [1.165, 1.54) is 0 Å². The highest BCUT2D eigenvalue weighted by atomic mass is 16.6. The molecule has 2 amide bonds. The van der Waals surface area contributed by atoms with Gasteiger partial charge in [0, 0.05) is 25.6 Å². The van der Waals surface area contributed by atoms with Gasteiger partial charge in [0.15, 0.2) is 0 Å². The third-order valence-corrected chi connectivity index (χ3v) is 3.73. The predicted octanol–water partition coefficient (Wildman–Crippen LogP) is 0.333. The lowest BCUT2D eigenvalue weighted by Gasteiger charge is -2.32. The van der Waals surface area contributed by atoms with Crippen molar-refractivity contribution in [3.63, 3.8) is 0 Å². The molecule has 2 heterocycles. The molecule has 108 valence electrons. The molecule has 19 heavy (non-hydrogen) atoms. The molecule has 0 saturated carbocycles. The number of hydrogen-bond acceptors (Lipinski definition) is 4. The highest BCUT2D eigenvalue weighted by molar-refractivity contribution is 5.76. The van der Waals surface area contributed by atoms with Crippen molar-refractivity contribution in [2.45, 2.75) is 32.2 Å². The first-order chi connectivity index (χ1) is 9.19. The lowest BCUT2D eigenvalue weighted by atomic mass is 9.98. The first kappa shape index (κ1) is 14.1. The fraction of sp³-hybridized carbons (Fsp3) is 0.846. The van der Waals surface area contributed by atoms with Gasteiger partial charge in [0.2, 0.25) is 5.91 Å². The van der Waals surface area contributed by atoms with Crippen molar-refractivity contribution in [1.29, 1.82) is 0 Å². The van der Waals surface area contributed by atoms with Crippen LogP contribution >= 0.6 is 0 Å². The minimum absolute atomic E-state index is 0.140. The molecule has 0 aromatic rings. The van der Waals surface area contributed by atoms with Crippen molar-refractivity contribution in [3.8, 4) is 0 Å². The van der Waals surface area contributed by atoms with Gasteiger partial charge in [-0.15, -0.1) is 0 Å². The van der Waals surface area contributed by atoms with Gasteiger partial charge in [-0.3, -0.25) is 4.79 Å². The number of hydrogen-bond donors (Lipinski definition) is 2. The molecule has 0 aliphatic carbocycles. The lowest BCUT2D eigenvalue weighted by Crippen LogP contribution is -2.49. The standard InChI is InChI=1S/C13H23N3O3/c1-2-19-13(18)16-5-3-11(4-6-16)15-12(17)7-10-8-14-9-10/h10-11,14H,2-9H2,1H3,(H,15,17). The molecule has 2 rings (SSSR count). The third-order valence-electron chi connectivity index (χ3n) is 3.73. The lowest BCUT2D eigenvalue weighted by molar-refractivity contribution is -0.123. The molecule has 0 radical (unpaired) electrons. The summed E-state index contributed by atoms with van der Waals surface area (Å²) in [6.07, 6.45) is 2.00. The van der Waals surface area contributed by atoms with E-state index in [-0.39, 0.29) is 18.0 Å². The number of amides is 2. The van der Waals surface area contributed by atoms with Crippen LogP contribution in [0.2, 0.25) is 0 Å². The molecule has 2 fully saturated rings. The SMILES string of the molecule is CCOC(=O)N1CCC(NC(=O)CC2CNC2)CC1. The Morgan fingerprint density at radius 3 is 2.53 bits per heavy atom. The monoisotopic (exact) mass is 269 g/mol. The maximum absolute atomic E-state index is 11.8. The predicted molar refractivity (Wildman–Crippen MR) is 70.7 cm³/mol. The topological polar surface area (TPSA) is 70.7 Å². The minimum Gasteiger partial charge on any atom is -0.450 e. The van der Waals surface area contributed by atoms with E-state index in [9.17, 15) is 9.59 Å². The maximum atomic E-state index is 11.8. The van der Waals surface area contributed by atoms with E-state index in [2.05, 4.69) is 10.6 Å². The third kappa shape index (κ3) is 4.09. The molecule has 6 nitrogen and oxygen atoms in total. The van der Waals surface area contributed by atoms with Gasteiger partial charge in [0.1, 0.15) is 0 Å². The van der Waals surface area contributed by atoms with Crippen LogP contribution in [0, 0.1) is 5.92 Å². The van der Waals surface area contributed by atoms with E-state index in [1.54, 1.807) is 11.8 Å². The number of likely N-dealkylation sites (tertiary alicyclic amines) is 1. The molecular formula is C13H23N3O3. The maximum Gasteiger partial charge on any atom is 0.409 e. The Balaban J connectivity index is 1.65. The summed E-state index contributed by atoms with van der Waals surface area (Å²) >= 11 is 0. The molecule has 0 atom stereocenters. The van der Waals surface area contributed by atoms with E-state index in [1.807, 2.05) is 0 Å². The second kappa shape index (κ2) is 6.75. The van der Waals surface area contributed by atoms with Gasteiger partial charge < -0.3 is 20.3 Å². The van der Waals surface area contributed by atoms with E-state index in [0.717, 1.165) is 25.9 Å². The van der Waals surface area contributed by atoms with Gasteiger partial charge in [0.25, 0.3) is 0 Å². The number of ether oxygens (including phenoxy) is 1. The Kier molecular flexibility index (Phi) is 5.01. The number of rotatable bonds is 4. The summed E-state index contributed by atoms with van der Waals surface area (Å²) in [5.41, 5.74) is 0. The summed E-state index contributed by atoms with van der Waals surface area (Å²) in [6.45, 7) is 5.44. The normalized spacial score (nSPS) is 20.8. The molecule has 6 heteroatoms. The second-order valence-corrected chi connectivity index (χ2v) is 5.26. The molecule has 0 unspecified atom stereocenters. The van der Waals surface area contributed by atoms with E-state index >= 15 is 0 Å². The van der Waals surface area contributed by atoms with E-state index in [4.69, 9.17) is 4.74 Å². The number of piperidine rings is 1. The van der Waals surface area contributed by atoms with Gasteiger partial charge in [-0.2, -0.15) is 0 Å². The molecule has 0 bridgehead atoms. The molecular weight excluding hydrogens is 246 g/mol. The number of nitrogens with zero attached hydrogens (tertiary/aromatic N) is 1. The fourth-order valence-electron chi connectivity index (χ4n) is 2.46. The zero-order chi connectivity index (χ0) is 13.7. The van der Waals surface area contributed by atoms with Crippen molar-refractivity contribution in [2.75, 3.05) is 32.8 Å². The van der Waals surface area contributed by atoms with Crippen LogP contribution in [0.5, 0.6) is 0 Å². The quantitative estimate of drug-likeness (QED) is 0.772. The van der Waals surface area contributed by atoms with Gasteiger partial charge in [-0.25, -0.2) is 4.79 Å².